The highest BCUT2D eigenvalue weighted by Gasteiger charge is 2.35. The largest absolute Gasteiger partial charge is 0.493 e. The number of methoxy groups -OCH3 is 1. The van der Waals surface area contributed by atoms with Crippen LogP contribution in [0.15, 0.2) is 48.5 Å². The van der Waals surface area contributed by atoms with Gasteiger partial charge in [0.15, 0.2) is 11.5 Å². The van der Waals surface area contributed by atoms with Crippen LogP contribution in [-0.2, 0) is 11.4 Å². The van der Waals surface area contributed by atoms with Gasteiger partial charge < -0.3 is 14.6 Å². The third kappa shape index (κ3) is 4.42. The fraction of sp³-hybridized carbons (Fsp3) is 0.409. The lowest BCUT2D eigenvalue weighted by Gasteiger charge is -2.31. The highest BCUT2D eigenvalue weighted by molar-refractivity contribution is 5.74. The highest BCUT2D eigenvalue weighted by Crippen LogP contribution is 2.36. The van der Waals surface area contributed by atoms with E-state index in [1.54, 1.807) is 7.11 Å². The van der Waals surface area contributed by atoms with Gasteiger partial charge in [0.1, 0.15) is 12.6 Å². The summed E-state index contributed by atoms with van der Waals surface area (Å²) in [5, 5.41) is 9.51. The summed E-state index contributed by atoms with van der Waals surface area (Å²) in [5.41, 5.74) is 2.16. The van der Waals surface area contributed by atoms with Crippen molar-refractivity contribution in [1.29, 1.82) is 0 Å². The maximum atomic E-state index is 11.6. The second-order valence-electron chi connectivity index (χ2n) is 6.84. The third-order valence-electron chi connectivity index (χ3n) is 5.18. The van der Waals surface area contributed by atoms with Gasteiger partial charge in [0.05, 0.1) is 7.11 Å². The predicted octanol–water partition coefficient (Wildman–Crippen LogP) is 4.27. The van der Waals surface area contributed by atoms with E-state index in [1.165, 1.54) is 0 Å². The topological polar surface area (TPSA) is 59.0 Å². The zero-order valence-corrected chi connectivity index (χ0v) is 15.9. The Labute approximate surface area is 160 Å². The van der Waals surface area contributed by atoms with Gasteiger partial charge in [-0.25, -0.2) is 0 Å². The van der Waals surface area contributed by atoms with Crippen molar-refractivity contribution in [1.82, 2.24) is 4.90 Å². The number of hydrogen-bond donors (Lipinski definition) is 1. The zero-order valence-electron chi connectivity index (χ0n) is 15.9. The van der Waals surface area contributed by atoms with E-state index in [0.717, 1.165) is 30.5 Å². The number of likely N-dealkylation sites (tertiary alicyclic amines) is 1. The molecule has 2 unspecified atom stereocenters. The minimum absolute atomic E-state index is 0.0608. The molecule has 144 valence electrons. The van der Waals surface area contributed by atoms with Crippen molar-refractivity contribution in [2.24, 2.45) is 0 Å². The molecule has 0 radical (unpaired) electrons. The van der Waals surface area contributed by atoms with E-state index < -0.39 is 12.0 Å². The van der Waals surface area contributed by atoms with E-state index in [4.69, 9.17) is 9.47 Å². The number of rotatable bonds is 8. The number of hydrogen-bond acceptors (Lipinski definition) is 4. The van der Waals surface area contributed by atoms with Crippen LogP contribution in [0.5, 0.6) is 11.5 Å². The monoisotopic (exact) mass is 369 g/mol. The quantitative estimate of drug-likeness (QED) is 0.753. The summed E-state index contributed by atoms with van der Waals surface area (Å²) in [6, 6.07) is 15.6. The van der Waals surface area contributed by atoms with Crippen molar-refractivity contribution < 1.29 is 19.4 Å². The standard InChI is InChI=1S/C22H27NO4/c1-3-18(23-13-7-10-19(23)22(24)25)17-11-12-20(21(14-17)26-2)27-15-16-8-5-4-6-9-16/h4-6,8-9,11-12,14,18-19H,3,7,10,13,15H2,1-2H3,(H,24,25). The van der Waals surface area contributed by atoms with Gasteiger partial charge in [-0.15, -0.1) is 0 Å². The molecular formula is C22H27NO4. The number of ether oxygens (including phenoxy) is 2. The molecule has 3 rings (SSSR count). The Balaban J connectivity index is 1.78. The van der Waals surface area contributed by atoms with E-state index >= 15 is 0 Å². The van der Waals surface area contributed by atoms with E-state index in [1.807, 2.05) is 48.5 Å². The van der Waals surface area contributed by atoms with E-state index in [-0.39, 0.29) is 6.04 Å². The molecule has 1 saturated heterocycles. The van der Waals surface area contributed by atoms with Crippen LogP contribution in [0.1, 0.15) is 43.4 Å². The van der Waals surface area contributed by atoms with E-state index in [2.05, 4.69) is 11.8 Å². The molecule has 0 bridgehead atoms. The van der Waals surface area contributed by atoms with Crippen molar-refractivity contribution in [2.75, 3.05) is 13.7 Å². The van der Waals surface area contributed by atoms with Gasteiger partial charge in [0.25, 0.3) is 0 Å². The Hall–Kier alpha value is -2.53. The van der Waals surface area contributed by atoms with Crippen LogP contribution in [0.4, 0.5) is 0 Å². The first-order valence-corrected chi connectivity index (χ1v) is 9.47. The molecule has 0 amide bonds. The lowest BCUT2D eigenvalue weighted by molar-refractivity contribution is -0.143. The molecule has 27 heavy (non-hydrogen) atoms. The Morgan fingerprint density at radius 1 is 1.22 bits per heavy atom. The molecule has 1 aliphatic rings. The van der Waals surface area contributed by atoms with Gasteiger partial charge in [0.2, 0.25) is 0 Å². The predicted molar refractivity (Wildman–Crippen MR) is 104 cm³/mol. The number of aliphatic carboxylic acids is 1. The molecule has 2 aromatic carbocycles. The van der Waals surface area contributed by atoms with Gasteiger partial charge in [-0.05, 0) is 49.1 Å². The van der Waals surface area contributed by atoms with Crippen LogP contribution in [0.3, 0.4) is 0 Å². The van der Waals surface area contributed by atoms with Crippen LogP contribution in [0, 0.1) is 0 Å². The number of nitrogens with zero attached hydrogens (tertiary/aromatic N) is 1. The van der Waals surface area contributed by atoms with Crippen molar-refractivity contribution in [3.8, 4) is 11.5 Å². The number of carbonyl (C=O) groups is 1. The van der Waals surface area contributed by atoms with Gasteiger partial charge in [-0.2, -0.15) is 0 Å². The molecule has 2 atom stereocenters. The Morgan fingerprint density at radius 2 is 2.00 bits per heavy atom. The van der Waals surface area contributed by atoms with Crippen LogP contribution in [-0.4, -0.2) is 35.7 Å². The molecule has 0 aliphatic carbocycles. The average Bonchev–Trinajstić information content (AvgIpc) is 3.18. The molecule has 1 fully saturated rings. The van der Waals surface area contributed by atoms with E-state index in [9.17, 15) is 9.90 Å². The summed E-state index contributed by atoms with van der Waals surface area (Å²) in [7, 11) is 1.63. The molecule has 2 aromatic rings. The summed E-state index contributed by atoms with van der Waals surface area (Å²) >= 11 is 0. The van der Waals surface area contributed by atoms with Gasteiger partial charge in [0, 0.05) is 6.04 Å². The Bertz CT molecular complexity index is 762. The second kappa shape index (κ2) is 8.91. The summed E-state index contributed by atoms with van der Waals surface area (Å²) < 4.78 is 11.5. The minimum Gasteiger partial charge on any atom is -0.493 e. The third-order valence-corrected chi connectivity index (χ3v) is 5.18. The van der Waals surface area contributed by atoms with Crippen molar-refractivity contribution >= 4 is 5.97 Å². The summed E-state index contributed by atoms with van der Waals surface area (Å²) in [5.74, 6) is 0.629. The first kappa shape index (κ1) is 19.2. The lowest BCUT2D eigenvalue weighted by atomic mass is 10.0. The Kier molecular flexibility index (Phi) is 6.35. The van der Waals surface area contributed by atoms with Gasteiger partial charge in [-0.1, -0.05) is 43.3 Å². The van der Waals surface area contributed by atoms with Crippen molar-refractivity contribution in [3.05, 3.63) is 59.7 Å². The molecule has 5 nitrogen and oxygen atoms in total. The summed E-state index contributed by atoms with van der Waals surface area (Å²) in [6.07, 6.45) is 2.47. The summed E-state index contributed by atoms with van der Waals surface area (Å²) in [6.45, 7) is 3.37. The maximum absolute atomic E-state index is 11.6. The highest BCUT2D eigenvalue weighted by atomic mass is 16.5. The lowest BCUT2D eigenvalue weighted by Crippen LogP contribution is -2.38. The van der Waals surface area contributed by atoms with Gasteiger partial charge >= 0.3 is 5.97 Å². The molecule has 0 aromatic heterocycles. The average molecular weight is 369 g/mol. The van der Waals surface area contributed by atoms with Crippen molar-refractivity contribution in [3.63, 3.8) is 0 Å². The molecule has 0 saturated carbocycles. The van der Waals surface area contributed by atoms with Crippen LogP contribution < -0.4 is 9.47 Å². The molecule has 5 heteroatoms. The Morgan fingerprint density at radius 3 is 2.67 bits per heavy atom. The zero-order chi connectivity index (χ0) is 19.2. The molecule has 1 heterocycles. The summed E-state index contributed by atoms with van der Waals surface area (Å²) in [4.78, 5) is 13.7. The molecule has 1 N–H and O–H groups in total. The fourth-order valence-electron chi connectivity index (χ4n) is 3.83. The smallest absolute Gasteiger partial charge is 0.320 e. The van der Waals surface area contributed by atoms with Crippen LogP contribution in [0.25, 0.3) is 0 Å². The fourth-order valence-corrected chi connectivity index (χ4v) is 3.83. The molecule has 0 spiro atoms. The first-order chi connectivity index (χ1) is 13.1. The minimum atomic E-state index is -0.735. The number of benzene rings is 2. The van der Waals surface area contributed by atoms with E-state index in [0.29, 0.717) is 24.5 Å². The van der Waals surface area contributed by atoms with Crippen LogP contribution in [0.2, 0.25) is 0 Å². The number of carboxylic acids is 1. The second-order valence-corrected chi connectivity index (χ2v) is 6.84. The maximum Gasteiger partial charge on any atom is 0.320 e. The van der Waals surface area contributed by atoms with Gasteiger partial charge in [-0.3, -0.25) is 9.69 Å². The van der Waals surface area contributed by atoms with Crippen LogP contribution >= 0.6 is 0 Å². The molecular weight excluding hydrogens is 342 g/mol. The number of carboxylic acid groups (broad SMARTS) is 1. The first-order valence-electron chi connectivity index (χ1n) is 9.47. The SMILES string of the molecule is CCC(c1ccc(OCc2ccccc2)c(OC)c1)N1CCCC1C(=O)O. The van der Waals surface area contributed by atoms with Crippen molar-refractivity contribution in [2.45, 2.75) is 44.9 Å². The molecule has 1 aliphatic heterocycles. The normalized spacial score (nSPS) is 18.2.